The van der Waals surface area contributed by atoms with Gasteiger partial charge in [0.25, 0.3) is 0 Å². The molecule has 3 nitrogen and oxygen atoms in total. The molecule has 5 heteroatoms. The number of alkyl halides is 1. The van der Waals surface area contributed by atoms with Crippen molar-refractivity contribution in [1.82, 2.24) is 5.32 Å². The van der Waals surface area contributed by atoms with Crippen molar-refractivity contribution in [2.45, 2.75) is 37.3 Å². The molecule has 2 heterocycles. The largest absolute Gasteiger partial charge is 0.463 e. The molecule has 124 valence electrons. The van der Waals surface area contributed by atoms with E-state index in [1.807, 2.05) is 10.2 Å². The van der Waals surface area contributed by atoms with Crippen molar-refractivity contribution < 1.29 is 13.9 Å². The van der Waals surface area contributed by atoms with Crippen LogP contribution in [0.15, 0.2) is 28.3 Å². The van der Waals surface area contributed by atoms with E-state index in [0.29, 0.717) is 6.04 Å². The summed E-state index contributed by atoms with van der Waals surface area (Å²) in [5, 5.41) is 3.52. The van der Waals surface area contributed by atoms with Gasteiger partial charge < -0.3 is 10.1 Å². The monoisotopic (exact) mass is 428 g/mol. The average molecular weight is 428 g/mol. The van der Waals surface area contributed by atoms with E-state index < -0.39 is 6.67 Å². The maximum atomic E-state index is 12.5. The fraction of sp³-hybridized carbons (Fsp3) is 0.500. The summed E-state index contributed by atoms with van der Waals surface area (Å²) in [5.74, 6) is -0.327. The van der Waals surface area contributed by atoms with Crippen molar-refractivity contribution in [3.8, 4) is 0 Å². The maximum absolute atomic E-state index is 12.5. The van der Waals surface area contributed by atoms with Crippen molar-refractivity contribution in [2.75, 3.05) is 13.3 Å². The third-order valence-corrected chi connectivity index (χ3v) is 5.25. The van der Waals surface area contributed by atoms with Crippen LogP contribution < -0.4 is 5.32 Å². The van der Waals surface area contributed by atoms with Crippen LogP contribution in [0.3, 0.4) is 0 Å². The first kappa shape index (κ1) is 16.9. The Morgan fingerprint density at radius 2 is 2.13 bits per heavy atom. The molecule has 2 aliphatic heterocycles. The summed E-state index contributed by atoms with van der Waals surface area (Å²) in [6.07, 6.45) is 5.08. The van der Waals surface area contributed by atoms with Gasteiger partial charge in [0.2, 0.25) is 0 Å². The fourth-order valence-corrected chi connectivity index (χ4v) is 4.30. The van der Waals surface area contributed by atoms with Gasteiger partial charge in [-0.05, 0) is 40.5 Å². The highest BCUT2D eigenvalue weighted by molar-refractivity contribution is 14.1. The zero-order valence-corrected chi connectivity index (χ0v) is 15.0. The Hall–Kier alpha value is -0.950. The number of esters is 1. The summed E-state index contributed by atoms with van der Waals surface area (Å²) in [7, 11) is 0. The SMILES string of the molecule is O=C(OCC[18F])C1[C@@H]2CC[C@@H](C[C@@H]1c1ccc(/C=C\I)cc1)N2. The quantitative estimate of drug-likeness (QED) is 0.573. The van der Waals surface area contributed by atoms with Gasteiger partial charge in [-0.3, -0.25) is 4.79 Å². The van der Waals surface area contributed by atoms with Gasteiger partial charge in [0, 0.05) is 18.0 Å². The number of ether oxygens (including phenoxy) is 1. The molecule has 2 saturated heterocycles. The molecule has 0 saturated carbocycles. The summed E-state index contributed by atoms with van der Waals surface area (Å²) in [6.45, 7) is -0.765. The van der Waals surface area contributed by atoms with Gasteiger partial charge in [-0.15, -0.1) is 0 Å². The molecule has 1 aromatic rings. The van der Waals surface area contributed by atoms with Crippen LogP contribution >= 0.6 is 22.6 Å². The molecule has 1 N–H and O–H groups in total. The average Bonchev–Trinajstić information content (AvgIpc) is 2.94. The number of nitrogens with one attached hydrogen (secondary N) is 1. The Kier molecular flexibility index (Phi) is 5.69. The number of hydrogen-bond donors (Lipinski definition) is 1. The van der Waals surface area contributed by atoms with E-state index >= 15 is 0 Å². The number of piperidine rings is 1. The van der Waals surface area contributed by atoms with E-state index in [-0.39, 0.29) is 30.5 Å². The Bertz CT molecular complexity index is 575. The third-order valence-electron chi connectivity index (χ3n) is 4.90. The lowest BCUT2D eigenvalue weighted by molar-refractivity contribution is -0.151. The summed E-state index contributed by atoms with van der Waals surface area (Å²) >= 11 is 2.20. The van der Waals surface area contributed by atoms with Gasteiger partial charge in [-0.1, -0.05) is 46.9 Å². The van der Waals surface area contributed by atoms with Crippen molar-refractivity contribution in [1.29, 1.82) is 0 Å². The molecule has 3 rings (SSSR count). The van der Waals surface area contributed by atoms with Crippen LogP contribution in [-0.2, 0) is 9.53 Å². The molecule has 0 amide bonds. The van der Waals surface area contributed by atoms with Gasteiger partial charge in [-0.2, -0.15) is 0 Å². The minimum Gasteiger partial charge on any atom is -0.463 e. The van der Waals surface area contributed by atoms with Crippen molar-refractivity contribution in [3.05, 3.63) is 39.5 Å². The lowest BCUT2D eigenvalue weighted by Crippen LogP contribution is -2.48. The number of rotatable bonds is 5. The van der Waals surface area contributed by atoms with Gasteiger partial charge in [0.1, 0.15) is 13.3 Å². The predicted molar refractivity (Wildman–Crippen MR) is 97.2 cm³/mol. The van der Waals surface area contributed by atoms with Crippen LogP contribution in [0.2, 0.25) is 0 Å². The van der Waals surface area contributed by atoms with Gasteiger partial charge in [0.15, 0.2) is 0 Å². The van der Waals surface area contributed by atoms with Crippen molar-refractivity contribution >= 4 is 34.6 Å². The minimum atomic E-state index is -0.624. The molecule has 2 aliphatic rings. The van der Waals surface area contributed by atoms with Crippen LogP contribution in [0.4, 0.5) is 4.39 Å². The number of benzene rings is 1. The molecule has 0 spiro atoms. The maximum Gasteiger partial charge on any atom is 0.311 e. The van der Waals surface area contributed by atoms with Gasteiger partial charge >= 0.3 is 5.97 Å². The Morgan fingerprint density at radius 1 is 1.35 bits per heavy atom. The standard InChI is InChI=1S/C18H21FINO2/c19-8-10-23-18(22)17-15(11-14-5-6-16(17)21-14)13-3-1-12(2-4-13)7-9-20/h1-4,7,9,14-17,21H,5-6,8,10-11H2/b9-7-/t14-,15+,16-,17?/m0/s1/i19-1. The highest BCUT2D eigenvalue weighted by Crippen LogP contribution is 2.42. The van der Waals surface area contributed by atoms with E-state index in [1.54, 1.807) is 0 Å². The van der Waals surface area contributed by atoms with E-state index in [1.165, 1.54) is 5.56 Å². The van der Waals surface area contributed by atoms with Gasteiger partial charge in [0.05, 0.1) is 5.92 Å². The number of hydrogen-bond acceptors (Lipinski definition) is 3. The second-order valence-corrected chi connectivity index (χ2v) is 6.95. The van der Waals surface area contributed by atoms with Crippen LogP contribution in [0, 0.1) is 5.92 Å². The molecule has 0 aromatic heterocycles. The number of carbonyl (C=O) groups is 1. The van der Waals surface area contributed by atoms with E-state index in [4.69, 9.17) is 4.74 Å². The molecule has 0 radical (unpaired) electrons. The highest BCUT2D eigenvalue weighted by Gasteiger charge is 2.46. The molecule has 23 heavy (non-hydrogen) atoms. The number of fused-ring (bicyclic) bond motifs is 2. The van der Waals surface area contributed by atoms with E-state index in [2.05, 4.69) is 52.2 Å². The smallest absolute Gasteiger partial charge is 0.311 e. The second kappa shape index (κ2) is 7.75. The molecule has 1 unspecified atom stereocenters. The Morgan fingerprint density at radius 3 is 2.83 bits per heavy atom. The first-order chi connectivity index (χ1) is 11.2. The molecular formula is C18H21FINO2. The number of halogens is 2. The Labute approximate surface area is 149 Å². The van der Waals surface area contributed by atoms with Crippen molar-refractivity contribution in [2.24, 2.45) is 5.92 Å². The lowest BCUT2D eigenvalue weighted by Gasteiger charge is -2.36. The minimum absolute atomic E-state index is 0.141. The third kappa shape index (κ3) is 3.76. The molecule has 4 atom stereocenters. The Balaban J connectivity index is 1.83. The normalized spacial score (nSPS) is 29.8. The highest BCUT2D eigenvalue weighted by atomic mass is 127. The van der Waals surface area contributed by atoms with E-state index in [0.717, 1.165) is 24.8 Å². The molecule has 0 aliphatic carbocycles. The molecular weight excluding hydrogens is 407 g/mol. The van der Waals surface area contributed by atoms with Gasteiger partial charge in [-0.25, -0.2) is 4.39 Å². The van der Waals surface area contributed by atoms with Crippen LogP contribution in [-0.4, -0.2) is 31.3 Å². The molecule has 2 bridgehead atoms. The molecule has 1 aromatic carbocycles. The number of carbonyl (C=O) groups excluding carboxylic acids is 1. The second-order valence-electron chi connectivity index (χ2n) is 6.23. The molecule has 2 fully saturated rings. The predicted octanol–water partition coefficient (Wildman–Crippen LogP) is 3.83. The van der Waals surface area contributed by atoms with Crippen LogP contribution in [0.1, 0.15) is 36.3 Å². The van der Waals surface area contributed by atoms with Crippen molar-refractivity contribution in [3.63, 3.8) is 0 Å². The van der Waals surface area contributed by atoms with Crippen LogP contribution in [0.5, 0.6) is 0 Å². The zero-order valence-electron chi connectivity index (χ0n) is 12.9. The summed E-state index contributed by atoms with van der Waals surface area (Å²) in [4.78, 5) is 12.5. The van der Waals surface area contributed by atoms with Crippen LogP contribution in [0.25, 0.3) is 6.08 Å². The first-order valence-corrected chi connectivity index (χ1v) is 9.33. The topological polar surface area (TPSA) is 38.3 Å². The van der Waals surface area contributed by atoms with E-state index in [9.17, 15) is 9.18 Å². The summed E-state index contributed by atoms with van der Waals surface area (Å²) < 4.78 is 19.5. The first-order valence-electron chi connectivity index (χ1n) is 8.08. The zero-order chi connectivity index (χ0) is 16.2. The fourth-order valence-electron chi connectivity index (χ4n) is 3.89. The lowest BCUT2D eigenvalue weighted by atomic mass is 9.77. The summed E-state index contributed by atoms with van der Waals surface area (Å²) in [5.41, 5.74) is 2.33. The summed E-state index contributed by atoms with van der Waals surface area (Å²) in [6, 6.07) is 9.01.